The highest BCUT2D eigenvalue weighted by atomic mass is 35.5. The van der Waals surface area contributed by atoms with Crippen molar-refractivity contribution in [3.8, 4) is 22.3 Å². The Balaban J connectivity index is 1.75. The van der Waals surface area contributed by atoms with E-state index in [1.807, 2.05) is 18.2 Å². The Kier molecular flexibility index (Phi) is 4.31. The molecule has 0 radical (unpaired) electrons. The summed E-state index contributed by atoms with van der Waals surface area (Å²) in [5.41, 5.74) is 9.49. The van der Waals surface area contributed by atoms with E-state index in [0.29, 0.717) is 6.54 Å². The minimum atomic E-state index is 0.646. The van der Waals surface area contributed by atoms with Gasteiger partial charge in [0.05, 0.1) is 12.3 Å². The van der Waals surface area contributed by atoms with Crippen molar-refractivity contribution in [2.45, 2.75) is 6.54 Å². The van der Waals surface area contributed by atoms with E-state index in [0.717, 1.165) is 21.9 Å². The van der Waals surface area contributed by atoms with Crippen molar-refractivity contribution in [2.75, 3.05) is 0 Å². The second-order valence-corrected chi connectivity index (χ2v) is 7.35. The van der Waals surface area contributed by atoms with Gasteiger partial charge in [-0.25, -0.2) is 0 Å². The summed E-state index contributed by atoms with van der Waals surface area (Å²) >= 11 is 6.10. The van der Waals surface area contributed by atoms with E-state index in [4.69, 9.17) is 16.6 Å². The summed E-state index contributed by atoms with van der Waals surface area (Å²) in [6.07, 6.45) is 0. The lowest BCUT2D eigenvalue weighted by molar-refractivity contribution is 1.08. The van der Waals surface area contributed by atoms with Gasteiger partial charge in [0, 0.05) is 16.1 Å². The summed E-state index contributed by atoms with van der Waals surface area (Å²) in [7, 11) is 0. The van der Waals surface area contributed by atoms with Crippen molar-refractivity contribution in [1.82, 2.24) is 0 Å². The number of hydrogen-bond donors (Lipinski definition) is 0. The molecule has 0 bridgehead atoms. The molecule has 0 aliphatic carbocycles. The molecule has 28 heavy (non-hydrogen) atoms. The van der Waals surface area contributed by atoms with E-state index in [1.54, 1.807) is 0 Å². The molecule has 134 valence electrons. The fourth-order valence-corrected chi connectivity index (χ4v) is 4.05. The van der Waals surface area contributed by atoms with Crippen molar-refractivity contribution in [2.24, 2.45) is 4.99 Å². The SMILES string of the molecule is Clc1ccc(-c2cccc3c2CN=C(c2ccccc2)c2ccccc2-3)cc1. The molecule has 2 heteroatoms. The quantitative estimate of drug-likeness (QED) is 0.354. The molecule has 4 aromatic rings. The van der Waals surface area contributed by atoms with Crippen molar-refractivity contribution in [1.29, 1.82) is 0 Å². The molecule has 0 N–H and O–H groups in total. The summed E-state index contributed by atoms with van der Waals surface area (Å²) < 4.78 is 0. The maximum Gasteiger partial charge on any atom is 0.0729 e. The van der Waals surface area contributed by atoms with Crippen LogP contribution in [0, 0.1) is 0 Å². The third-order valence-corrected chi connectivity index (χ3v) is 5.50. The van der Waals surface area contributed by atoms with Crippen LogP contribution in [0.5, 0.6) is 0 Å². The van der Waals surface area contributed by atoms with Gasteiger partial charge in [0.2, 0.25) is 0 Å². The first kappa shape index (κ1) is 17.0. The Morgan fingerprint density at radius 3 is 1.96 bits per heavy atom. The Morgan fingerprint density at radius 1 is 0.536 bits per heavy atom. The number of aliphatic imine (C=N–C) groups is 1. The first-order valence-electron chi connectivity index (χ1n) is 9.39. The van der Waals surface area contributed by atoms with Crippen LogP contribution in [0.25, 0.3) is 22.3 Å². The second kappa shape index (κ2) is 7.10. The van der Waals surface area contributed by atoms with Gasteiger partial charge in [-0.2, -0.15) is 0 Å². The highest BCUT2D eigenvalue weighted by Gasteiger charge is 2.20. The van der Waals surface area contributed by atoms with Crippen LogP contribution >= 0.6 is 11.6 Å². The summed E-state index contributed by atoms with van der Waals surface area (Å²) in [6.45, 7) is 0.646. The Hall–Kier alpha value is -3.16. The smallest absolute Gasteiger partial charge is 0.0729 e. The largest absolute Gasteiger partial charge is 0.279 e. The van der Waals surface area contributed by atoms with Gasteiger partial charge in [-0.1, -0.05) is 96.5 Å². The lowest BCUT2D eigenvalue weighted by Gasteiger charge is -2.14. The average molecular weight is 380 g/mol. The summed E-state index contributed by atoms with van der Waals surface area (Å²) in [6, 6.07) is 33.6. The van der Waals surface area contributed by atoms with Gasteiger partial charge < -0.3 is 0 Å². The van der Waals surface area contributed by atoms with Crippen molar-refractivity contribution >= 4 is 17.3 Å². The van der Waals surface area contributed by atoms with Crippen LogP contribution in [-0.4, -0.2) is 5.71 Å². The topological polar surface area (TPSA) is 12.4 Å². The Morgan fingerprint density at radius 2 is 1.18 bits per heavy atom. The molecule has 0 saturated carbocycles. The zero-order valence-electron chi connectivity index (χ0n) is 15.3. The normalized spacial score (nSPS) is 12.5. The third kappa shape index (κ3) is 2.94. The van der Waals surface area contributed by atoms with Crippen LogP contribution in [0.4, 0.5) is 0 Å². The lowest BCUT2D eigenvalue weighted by atomic mass is 9.89. The molecule has 0 aromatic heterocycles. The van der Waals surface area contributed by atoms with Crippen molar-refractivity contribution < 1.29 is 0 Å². The van der Waals surface area contributed by atoms with Crippen LogP contribution < -0.4 is 0 Å². The number of rotatable bonds is 2. The predicted molar refractivity (Wildman–Crippen MR) is 118 cm³/mol. The molecule has 1 aliphatic heterocycles. The molecule has 0 atom stereocenters. The molecule has 0 spiro atoms. The highest BCUT2D eigenvalue weighted by Crippen LogP contribution is 2.37. The van der Waals surface area contributed by atoms with E-state index in [2.05, 4.69) is 78.9 Å². The molecule has 0 saturated heterocycles. The van der Waals surface area contributed by atoms with Crippen molar-refractivity contribution in [3.63, 3.8) is 0 Å². The van der Waals surface area contributed by atoms with E-state index in [9.17, 15) is 0 Å². The van der Waals surface area contributed by atoms with Gasteiger partial charge in [0.25, 0.3) is 0 Å². The summed E-state index contributed by atoms with van der Waals surface area (Å²) in [5, 5.41) is 0.750. The zero-order valence-corrected chi connectivity index (χ0v) is 16.0. The maximum absolute atomic E-state index is 6.10. The third-order valence-electron chi connectivity index (χ3n) is 5.25. The molecule has 0 fully saturated rings. The van der Waals surface area contributed by atoms with E-state index in [-0.39, 0.29) is 0 Å². The number of halogens is 1. The Labute approximate surface area is 170 Å². The minimum Gasteiger partial charge on any atom is -0.279 e. The number of hydrogen-bond acceptors (Lipinski definition) is 1. The fraction of sp³-hybridized carbons (Fsp3) is 0.0385. The first-order chi connectivity index (χ1) is 13.8. The van der Waals surface area contributed by atoms with Crippen LogP contribution in [0.2, 0.25) is 5.02 Å². The van der Waals surface area contributed by atoms with Crippen LogP contribution in [-0.2, 0) is 6.54 Å². The van der Waals surface area contributed by atoms with E-state index < -0.39 is 0 Å². The predicted octanol–water partition coefficient (Wildman–Crippen LogP) is 7.03. The number of benzene rings is 4. The molecule has 4 aromatic carbocycles. The highest BCUT2D eigenvalue weighted by molar-refractivity contribution is 6.30. The molecule has 1 aliphatic rings. The van der Waals surface area contributed by atoms with Gasteiger partial charge in [-0.3, -0.25) is 4.99 Å². The van der Waals surface area contributed by atoms with Gasteiger partial charge in [0.15, 0.2) is 0 Å². The van der Waals surface area contributed by atoms with E-state index in [1.165, 1.54) is 27.8 Å². The molecule has 0 unspecified atom stereocenters. The lowest BCUT2D eigenvalue weighted by Crippen LogP contribution is -2.03. The van der Waals surface area contributed by atoms with Gasteiger partial charge in [-0.15, -0.1) is 0 Å². The number of fused-ring (bicyclic) bond motifs is 3. The first-order valence-corrected chi connectivity index (χ1v) is 9.76. The van der Waals surface area contributed by atoms with Gasteiger partial charge in [-0.05, 0) is 39.9 Å². The molecule has 5 rings (SSSR count). The summed E-state index contributed by atoms with van der Waals surface area (Å²) in [5.74, 6) is 0. The van der Waals surface area contributed by atoms with Crippen LogP contribution in [0.3, 0.4) is 0 Å². The average Bonchev–Trinajstić information content (AvgIpc) is 2.92. The maximum atomic E-state index is 6.10. The van der Waals surface area contributed by atoms with Gasteiger partial charge >= 0.3 is 0 Å². The molecule has 1 heterocycles. The molecule has 1 nitrogen and oxygen atoms in total. The van der Waals surface area contributed by atoms with Gasteiger partial charge in [0.1, 0.15) is 0 Å². The Bertz CT molecular complexity index is 1170. The summed E-state index contributed by atoms with van der Waals surface area (Å²) in [4.78, 5) is 5.07. The molecular weight excluding hydrogens is 362 g/mol. The minimum absolute atomic E-state index is 0.646. The monoisotopic (exact) mass is 379 g/mol. The van der Waals surface area contributed by atoms with Crippen LogP contribution in [0.15, 0.2) is 102 Å². The molecular formula is C26H18ClN. The zero-order chi connectivity index (χ0) is 18.9. The second-order valence-electron chi connectivity index (χ2n) is 6.92. The van der Waals surface area contributed by atoms with Crippen molar-refractivity contribution in [3.05, 3.63) is 119 Å². The molecule has 0 amide bonds. The van der Waals surface area contributed by atoms with Crippen LogP contribution in [0.1, 0.15) is 16.7 Å². The standard InChI is InChI=1S/C26H18ClN/c27-20-15-13-18(14-16-20)21-11-6-12-23-22-9-4-5-10-24(22)26(28-17-25(21)23)19-7-2-1-3-8-19/h1-16H,17H2. The van der Waals surface area contributed by atoms with E-state index >= 15 is 0 Å². The fourth-order valence-electron chi connectivity index (χ4n) is 3.92. The number of nitrogens with zero attached hydrogens (tertiary/aromatic N) is 1.